The molecule has 0 bridgehead atoms. The maximum Gasteiger partial charge on any atom is 0.400 e. The van der Waals surface area contributed by atoms with E-state index in [2.05, 4.69) is 6.92 Å². The average molecular weight is 464 g/mol. The fraction of sp³-hybridized carbons (Fsp3) is 0.308. The molecule has 1 aliphatic rings. The van der Waals surface area contributed by atoms with E-state index in [1.54, 1.807) is 0 Å². The summed E-state index contributed by atoms with van der Waals surface area (Å²) < 4.78 is 88.9. The lowest BCUT2D eigenvalue weighted by molar-refractivity contribution is -0.223. The predicted octanol–water partition coefficient (Wildman–Crippen LogP) is 8.37. The van der Waals surface area contributed by atoms with Crippen LogP contribution in [0.25, 0.3) is 22.3 Å². The van der Waals surface area contributed by atoms with Gasteiger partial charge in [0.15, 0.2) is 17.5 Å². The Labute approximate surface area is 188 Å². The molecule has 0 saturated heterocycles. The first kappa shape index (κ1) is 23.2. The number of ether oxygens (including phenoxy) is 1. The SMILES string of the molecule is CC1CCC(C(F)(F)Oc2ccc(-c3ccc(-c4cc(F)c(F)c(F)c4)c(F)c3)cc2)CC1. The van der Waals surface area contributed by atoms with E-state index in [1.807, 2.05) is 0 Å². The molecule has 4 rings (SSSR count). The molecule has 3 aromatic carbocycles. The van der Waals surface area contributed by atoms with Gasteiger partial charge in [-0.05, 0) is 65.8 Å². The van der Waals surface area contributed by atoms with Crippen molar-refractivity contribution in [1.29, 1.82) is 0 Å². The Hall–Kier alpha value is -2.96. The van der Waals surface area contributed by atoms with Gasteiger partial charge in [-0.15, -0.1) is 0 Å². The van der Waals surface area contributed by atoms with Crippen LogP contribution in [0.1, 0.15) is 32.6 Å². The first-order valence-corrected chi connectivity index (χ1v) is 10.8. The zero-order valence-electron chi connectivity index (χ0n) is 17.9. The second kappa shape index (κ2) is 9.12. The van der Waals surface area contributed by atoms with Crippen molar-refractivity contribution in [2.24, 2.45) is 11.8 Å². The molecule has 0 aromatic heterocycles. The third kappa shape index (κ3) is 5.02. The third-order valence-electron chi connectivity index (χ3n) is 6.20. The normalized spacial score (nSPS) is 18.9. The highest BCUT2D eigenvalue weighted by atomic mass is 19.3. The molecular weight excluding hydrogens is 442 g/mol. The first-order valence-electron chi connectivity index (χ1n) is 10.8. The number of benzene rings is 3. The lowest BCUT2D eigenvalue weighted by atomic mass is 9.82. The van der Waals surface area contributed by atoms with E-state index in [-0.39, 0.29) is 16.9 Å². The molecular formula is C26H22F6O. The van der Waals surface area contributed by atoms with E-state index in [0.717, 1.165) is 31.0 Å². The molecule has 0 amide bonds. The zero-order valence-corrected chi connectivity index (χ0v) is 17.9. The van der Waals surface area contributed by atoms with Crippen molar-refractivity contribution in [2.45, 2.75) is 38.7 Å². The zero-order chi connectivity index (χ0) is 23.8. The lowest BCUT2D eigenvalue weighted by Gasteiger charge is -2.32. The van der Waals surface area contributed by atoms with Gasteiger partial charge in [-0.2, -0.15) is 8.78 Å². The molecule has 174 valence electrons. The highest BCUT2D eigenvalue weighted by Crippen LogP contribution is 2.40. The van der Waals surface area contributed by atoms with Crippen molar-refractivity contribution in [3.63, 3.8) is 0 Å². The summed E-state index contributed by atoms with van der Waals surface area (Å²) in [5.41, 5.74) is 0.731. The van der Waals surface area contributed by atoms with Crippen molar-refractivity contribution in [1.82, 2.24) is 0 Å². The van der Waals surface area contributed by atoms with Crippen molar-refractivity contribution < 1.29 is 31.1 Å². The second-order valence-electron chi connectivity index (χ2n) is 8.59. The highest BCUT2D eigenvalue weighted by molar-refractivity contribution is 5.71. The molecule has 1 fully saturated rings. The molecule has 7 heteroatoms. The van der Waals surface area contributed by atoms with Gasteiger partial charge in [0.1, 0.15) is 11.6 Å². The molecule has 0 spiro atoms. The van der Waals surface area contributed by atoms with Crippen molar-refractivity contribution in [2.75, 3.05) is 0 Å². The summed E-state index contributed by atoms with van der Waals surface area (Å²) >= 11 is 0. The van der Waals surface area contributed by atoms with Gasteiger partial charge in [-0.1, -0.05) is 44.0 Å². The lowest BCUT2D eigenvalue weighted by Crippen LogP contribution is -2.36. The Morgan fingerprint density at radius 3 is 1.82 bits per heavy atom. The summed E-state index contributed by atoms with van der Waals surface area (Å²) in [6.45, 7) is 2.06. The predicted molar refractivity (Wildman–Crippen MR) is 114 cm³/mol. The number of halogens is 6. The van der Waals surface area contributed by atoms with Crippen LogP contribution in [0.4, 0.5) is 26.3 Å². The molecule has 1 aliphatic carbocycles. The Bertz CT molecular complexity index is 1110. The van der Waals surface area contributed by atoms with Crippen molar-refractivity contribution in [3.05, 3.63) is 77.9 Å². The molecule has 1 nitrogen and oxygen atoms in total. The summed E-state index contributed by atoms with van der Waals surface area (Å²) in [4.78, 5) is 0. The van der Waals surface area contributed by atoms with Crippen molar-refractivity contribution in [3.8, 4) is 28.0 Å². The van der Waals surface area contributed by atoms with Crippen LogP contribution in [0, 0.1) is 35.1 Å². The van der Waals surface area contributed by atoms with Crippen LogP contribution in [-0.4, -0.2) is 6.11 Å². The Kier molecular flexibility index (Phi) is 6.41. The minimum atomic E-state index is -3.27. The van der Waals surface area contributed by atoms with Crippen LogP contribution in [0.15, 0.2) is 54.6 Å². The third-order valence-corrected chi connectivity index (χ3v) is 6.20. The van der Waals surface area contributed by atoms with Crippen LogP contribution < -0.4 is 4.74 Å². The van der Waals surface area contributed by atoms with Gasteiger partial charge in [0.05, 0.1) is 5.92 Å². The minimum Gasteiger partial charge on any atom is -0.432 e. The number of hydrogen-bond acceptors (Lipinski definition) is 1. The number of alkyl halides is 2. The molecule has 0 N–H and O–H groups in total. The van der Waals surface area contributed by atoms with Crippen LogP contribution in [0.5, 0.6) is 5.75 Å². The summed E-state index contributed by atoms with van der Waals surface area (Å²) in [7, 11) is 0. The highest BCUT2D eigenvalue weighted by Gasteiger charge is 2.43. The largest absolute Gasteiger partial charge is 0.432 e. The van der Waals surface area contributed by atoms with Crippen LogP contribution >= 0.6 is 0 Å². The smallest absolute Gasteiger partial charge is 0.400 e. The van der Waals surface area contributed by atoms with Gasteiger partial charge >= 0.3 is 6.11 Å². The van der Waals surface area contributed by atoms with Crippen molar-refractivity contribution >= 4 is 0 Å². The van der Waals surface area contributed by atoms with E-state index in [0.29, 0.717) is 29.9 Å². The summed E-state index contributed by atoms with van der Waals surface area (Å²) in [5.74, 6) is -5.58. The first-order chi connectivity index (χ1) is 15.6. The van der Waals surface area contributed by atoms with Gasteiger partial charge in [-0.25, -0.2) is 17.6 Å². The van der Waals surface area contributed by atoms with Gasteiger partial charge < -0.3 is 4.74 Å². The second-order valence-corrected chi connectivity index (χ2v) is 8.59. The van der Waals surface area contributed by atoms with Gasteiger partial charge in [0.2, 0.25) is 0 Å². The van der Waals surface area contributed by atoms with Gasteiger partial charge in [0.25, 0.3) is 0 Å². The summed E-state index contributed by atoms with van der Waals surface area (Å²) in [6, 6.07) is 11.3. The monoisotopic (exact) mass is 464 g/mol. The van der Waals surface area contributed by atoms with E-state index < -0.39 is 35.3 Å². The van der Waals surface area contributed by atoms with E-state index in [4.69, 9.17) is 4.74 Å². The Morgan fingerprint density at radius 2 is 1.24 bits per heavy atom. The quantitative estimate of drug-likeness (QED) is 0.272. The molecule has 0 atom stereocenters. The molecule has 1 saturated carbocycles. The molecule has 3 aromatic rings. The number of rotatable bonds is 5. The fourth-order valence-corrected chi connectivity index (χ4v) is 4.19. The minimum absolute atomic E-state index is 0.0109. The maximum atomic E-state index is 14.7. The van der Waals surface area contributed by atoms with E-state index in [1.165, 1.54) is 36.4 Å². The van der Waals surface area contributed by atoms with Crippen LogP contribution in [0.3, 0.4) is 0 Å². The van der Waals surface area contributed by atoms with Gasteiger partial charge in [-0.3, -0.25) is 0 Å². The molecule has 0 heterocycles. The average Bonchev–Trinajstić information content (AvgIpc) is 2.77. The number of hydrogen-bond donors (Lipinski definition) is 0. The summed E-state index contributed by atoms with van der Waals surface area (Å²) in [6.07, 6.45) is -0.933. The molecule has 0 aliphatic heterocycles. The Morgan fingerprint density at radius 1 is 0.697 bits per heavy atom. The standard InChI is InChI=1S/C26H22F6O/c1-15-2-7-19(8-3-15)26(31,32)33-20-9-4-16(5-10-20)17-6-11-21(22(27)12-17)18-13-23(28)25(30)24(29)14-18/h4-6,9-15,19H,2-3,7-8H2,1H3. The van der Waals surface area contributed by atoms with Crippen LogP contribution in [-0.2, 0) is 0 Å². The Balaban J connectivity index is 1.50. The maximum absolute atomic E-state index is 14.7. The molecule has 33 heavy (non-hydrogen) atoms. The van der Waals surface area contributed by atoms with Crippen LogP contribution in [0.2, 0.25) is 0 Å². The van der Waals surface area contributed by atoms with E-state index >= 15 is 0 Å². The topological polar surface area (TPSA) is 9.23 Å². The fourth-order valence-electron chi connectivity index (χ4n) is 4.19. The summed E-state index contributed by atoms with van der Waals surface area (Å²) in [5, 5.41) is 0. The van der Waals surface area contributed by atoms with Gasteiger partial charge in [0, 0.05) is 5.56 Å². The van der Waals surface area contributed by atoms with E-state index in [9.17, 15) is 26.3 Å². The molecule has 0 unspecified atom stereocenters. The molecule has 0 radical (unpaired) electrons.